The van der Waals surface area contributed by atoms with E-state index < -0.39 is 0 Å². The number of rotatable bonds is 4. The Morgan fingerprint density at radius 3 is 2.78 bits per heavy atom. The van der Waals surface area contributed by atoms with E-state index in [1.165, 1.54) is 0 Å². The van der Waals surface area contributed by atoms with E-state index in [0.29, 0.717) is 12.2 Å². The summed E-state index contributed by atoms with van der Waals surface area (Å²) in [4.78, 5) is 6.35. The number of pyridine rings is 1. The Labute approximate surface area is 107 Å². The fourth-order valence-electron chi connectivity index (χ4n) is 1.85. The molecule has 1 heterocycles. The molecule has 94 valence electrons. The van der Waals surface area contributed by atoms with Crippen molar-refractivity contribution in [2.45, 2.75) is 13.1 Å². The van der Waals surface area contributed by atoms with E-state index in [2.05, 4.69) is 9.88 Å². The van der Waals surface area contributed by atoms with Gasteiger partial charge in [0, 0.05) is 30.5 Å². The van der Waals surface area contributed by atoms with Crippen LogP contribution < -0.4 is 5.73 Å². The van der Waals surface area contributed by atoms with Crippen LogP contribution in [-0.4, -0.2) is 22.0 Å². The van der Waals surface area contributed by atoms with Crippen molar-refractivity contribution in [1.82, 2.24) is 9.88 Å². The minimum atomic E-state index is 0.275. The molecule has 0 bridgehead atoms. The Morgan fingerprint density at radius 1 is 1.22 bits per heavy atom. The molecule has 0 unspecified atom stereocenters. The van der Waals surface area contributed by atoms with Crippen LogP contribution in [-0.2, 0) is 13.1 Å². The highest BCUT2D eigenvalue weighted by molar-refractivity contribution is 5.47. The predicted octanol–water partition coefficient (Wildman–Crippen LogP) is 2.00. The van der Waals surface area contributed by atoms with Crippen molar-refractivity contribution < 1.29 is 5.11 Å². The molecule has 1 aromatic heterocycles. The smallest absolute Gasteiger partial charge is 0.120 e. The van der Waals surface area contributed by atoms with Gasteiger partial charge in [0.2, 0.25) is 0 Å². The molecule has 1 aromatic carbocycles. The summed E-state index contributed by atoms with van der Waals surface area (Å²) < 4.78 is 0. The van der Waals surface area contributed by atoms with Crippen LogP contribution in [0.25, 0.3) is 0 Å². The zero-order valence-electron chi connectivity index (χ0n) is 10.4. The van der Waals surface area contributed by atoms with E-state index in [1.54, 1.807) is 24.4 Å². The molecule has 0 amide bonds. The van der Waals surface area contributed by atoms with Crippen molar-refractivity contribution in [3.8, 4) is 5.75 Å². The fraction of sp³-hybridized carbons (Fsp3) is 0.214. The first-order valence-corrected chi connectivity index (χ1v) is 5.81. The second-order valence-corrected chi connectivity index (χ2v) is 4.38. The SMILES string of the molecule is CN(Cc1ccccn1)Cc1cc(N)ccc1O. The number of anilines is 1. The standard InChI is InChI=1S/C14H17N3O/c1-17(10-13-4-2-3-7-16-13)9-11-8-12(15)5-6-14(11)18/h2-8,18H,9-10,15H2,1H3. The number of aromatic nitrogens is 1. The van der Waals surface area contributed by atoms with E-state index in [4.69, 9.17) is 5.73 Å². The lowest BCUT2D eigenvalue weighted by Gasteiger charge is -2.17. The largest absolute Gasteiger partial charge is 0.508 e. The van der Waals surface area contributed by atoms with Crippen LogP contribution in [0.15, 0.2) is 42.6 Å². The van der Waals surface area contributed by atoms with Gasteiger partial charge in [-0.3, -0.25) is 9.88 Å². The van der Waals surface area contributed by atoms with Crippen molar-refractivity contribution in [2.24, 2.45) is 0 Å². The third kappa shape index (κ3) is 3.21. The minimum Gasteiger partial charge on any atom is -0.508 e. The summed E-state index contributed by atoms with van der Waals surface area (Å²) in [5, 5.41) is 9.75. The van der Waals surface area contributed by atoms with E-state index in [0.717, 1.165) is 17.8 Å². The van der Waals surface area contributed by atoms with Gasteiger partial charge in [0.15, 0.2) is 0 Å². The molecule has 0 radical (unpaired) electrons. The number of phenolic OH excluding ortho intramolecular Hbond substituents is 1. The summed E-state index contributed by atoms with van der Waals surface area (Å²) in [6, 6.07) is 11.0. The lowest BCUT2D eigenvalue weighted by atomic mass is 10.1. The molecule has 0 fully saturated rings. The second kappa shape index (κ2) is 5.51. The van der Waals surface area contributed by atoms with Crippen LogP contribution in [0.2, 0.25) is 0 Å². The zero-order valence-corrected chi connectivity index (χ0v) is 10.4. The van der Waals surface area contributed by atoms with Crippen molar-refractivity contribution in [3.63, 3.8) is 0 Å². The lowest BCUT2D eigenvalue weighted by molar-refractivity contribution is 0.309. The molecule has 2 aromatic rings. The fourth-order valence-corrected chi connectivity index (χ4v) is 1.85. The highest BCUT2D eigenvalue weighted by Crippen LogP contribution is 2.21. The number of benzene rings is 1. The Bertz CT molecular complexity index is 514. The molecule has 0 saturated heterocycles. The molecule has 0 saturated carbocycles. The molecule has 0 aliphatic carbocycles. The maximum atomic E-state index is 9.75. The number of nitrogens with zero attached hydrogens (tertiary/aromatic N) is 2. The Hall–Kier alpha value is -2.07. The van der Waals surface area contributed by atoms with Crippen molar-refractivity contribution >= 4 is 5.69 Å². The first kappa shape index (κ1) is 12.4. The number of nitrogen functional groups attached to an aromatic ring is 1. The first-order valence-electron chi connectivity index (χ1n) is 5.81. The van der Waals surface area contributed by atoms with Crippen LogP contribution in [0.1, 0.15) is 11.3 Å². The summed E-state index contributed by atoms with van der Waals surface area (Å²) in [6.07, 6.45) is 1.78. The molecule has 4 nitrogen and oxygen atoms in total. The summed E-state index contributed by atoms with van der Waals surface area (Å²) in [5.41, 5.74) is 8.21. The van der Waals surface area contributed by atoms with Crippen LogP contribution >= 0.6 is 0 Å². The van der Waals surface area contributed by atoms with Crippen LogP contribution in [0.5, 0.6) is 5.75 Å². The topological polar surface area (TPSA) is 62.4 Å². The number of nitrogens with two attached hydrogens (primary N) is 1. The van der Waals surface area contributed by atoms with E-state index in [-0.39, 0.29) is 5.75 Å². The lowest BCUT2D eigenvalue weighted by Crippen LogP contribution is -2.18. The van der Waals surface area contributed by atoms with Gasteiger partial charge in [-0.25, -0.2) is 0 Å². The number of phenols is 1. The van der Waals surface area contributed by atoms with Gasteiger partial charge < -0.3 is 10.8 Å². The van der Waals surface area contributed by atoms with Gasteiger partial charge in [-0.1, -0.05) is 6.07 Å². The van der Waals surface area contributed by atoms with Gasteiger partial charge in [-0.15, -0.1) is 0 Å². The molecule has 0 aliphatic heterocycles. The van der Waals surface area contributed by atoms with Crippen LogP contribution in [0.4, 0.5) is 5.69 Å². The summed E-state index contributed by atoms with van der Waals surface area (Å²) >= 11 is 0. The summed E-state index contributed by atoms with van der Waals surface area (Å²) in [7, 11) is 1.98. The molecule has 2 rings (SSSR count). The quantitative estimate of drug-likeness (QED) is 0.637. The monoisotopic (exact) mass is 243 g/mol. The Morgan fingerprint density at radius 2 is 2.06 bits per heavy atom. The number of hydrogen-bond acceptors (Lipinski definition) is 4. The van der Waals surface area contributed by atoms with E-state index in [1.807, 2.05) is 25.2 Å². The van der Waals surface area contributed by atoms with E-state index >= 15 is 0 Å². The normalized spacial score (nSPS) is 10.8. The average molecular weight is 243 g/mol. The predicted molar refractivity (Wildman–Crippen MR) is 71.9 cm³/mol. The zero-order chi connectivity index (χ0) is 13.0. The summed E-state index contributed by atoms with van der Waals surface area (Å²) in [6.45, 7) is 1.36. The molecule has 0 spiro atoms. The molecule has 18 heavy (non-hydrogen) atoms. The van der Waals surface area contributed by atoms with Gasteiger partial charge in [0.1, 0.15) is 5.75 Å². The molecular weight excluding hydrogens is 226 g/mol. The van der Waals surface area contributed by atoms with E-state index in [9.17, 15) is 5.11 Å². The highest BCUT2D eigenvalue weighted by Gasteiger charge is 2.06. The average Bonchev–Trinajstić information content (AvgIpc) is 2.35. The third-order valence-electron chi connectivity index (χ3n) is 2.70. The van der Waals surface area contributed by atoms with Crippen molar-refractivity contribution in [2.75, 3.05) is 12.8 Å². The van der Waals surface area contributed by atoms with Gasteiger partial charge >= 0.3 is 0 Å². The molecule has 0 aliphatic rings. The van der Waals surface area contributed by atoms with Crippen molar-refractivity contribution in [1.29, 1.82) is 0 Å². The minimum absolute atomic E-state index is 0.275. The number of hydrogen-bond donors (Lipinski definition) is 2. The maximum absolute atomic E-state index is 9.75. The van der Waals surface area contributed by atoms with Gasteiger partial charge in [-0.2, -0.15) is 0 Å². The highest BCUT2D eigenvalue weighted by atomic mass is 16.3. The maximum Gasteiger partial charge on any atom is 0.120 e. The molecule has 0 atom stereocenters. The van der Waals surface area contributed by atoms with Crippen molar-refractivity contribution in [3.05, 3.63) is 53.9 Å². The summed E-state index contributed by atoms with van der Waals surface area (Å²) in [5.74, 6) is 0.275. The second-order valence-electron chi connectivity index (χ2n) is 4.38. The van der Waals surface area contributed by atoms with Gasteiger partial charge in [0.05, 0.1) is 5.69 Å². The van der Waals surface area contributed by atoms with Crippen LogP contribution in [0.3, 0.4) is 0 Å². The third-order valence-corrected chi connectivity index (χ3v) is 2.70. The first-order chi connectivity index (χ1) is 8.65. The molecule has 3 N–H and O–H groups in total. The molecular formula is C14H17N3O. The molecule has 4 heteroatoms. The van der Waals surface area contributed by atoms with Crippen LogP contribution in [0, 0.1) is 0 Å². The Balaban J connectivity index is 2.03. The van der Waals surface area contributed by atoms with Gasteiger partial charge in [-0.05, 0) is 37.4 Å². The van der Waals surface area contributed by atoms with Gasteiger partial charge in [0.25, 0.3) is 0 Å². The number of aromatic hydroxyl groups is 1. The Kier molecular flexibility index (Phi) is 3.79.